The first-order chi connectivity index (χ1) is 12.7. The number of hydrogen-bond donors (Lipinski definition) is 1. The summed E-state index contributed by atoms with van der Waals surface area (Å²) in [5.74, 6) is -1.70. The topological polar surface area (TPSA) is 92.8 Å². The van der Waals surface area contributed by atoms with Crippen molar-refractivity contribution < 1.29 is 27.1 Å². The Balaban J connectivity index is 1.86. The maximum absolute atomic E-state index is 13.1. The van der Waals surface area contributed by atoms with Crippen LogP contribution in [0.5, 0.6) is 0 Å². The van der Waals surface area contributed by atoms with Crippen LogP contribution in [-0.4, -0.2) is 45.3 Å². The van der Waals surface area contributed by atoms with Gasteiger partial charge in [-0.1, -0.05) is 12.1 Å². The summed E-state index contributed by atoms with van der Waals surface area (Å²) in [6, 6.07) is 11.1. The van der Waals surface area contributed by atoms with Crippen molar-refractivity contribution in [2.24, 2.45) is 0 Å². The second-order valence-corrected chi connectivity index (χ2v) is 7.98. The maximum Gasteiger partial charge on any atom is 0.310 e. The standard InChI is InChI=1S/C18H19FN2O5S/c1-21(2)27(24,25)16-8-6-15(7-9-16)20-17(22)12-26-18(23)11-13-4-3-5-14(19)10-13/h3-10H,11-12H2,1-2H3,(H,20,22). The summed E-state index contributed by atoms with van der Waals surface area (Å²) in [5, 5.41) is 2.49. The molecule has 9 heteroatoms. The summed E-state index contributed by atoms with van der Waals surface area (Å²) < 4.78 is 42.9. The summed E-state index contributed by atoms with van der Waals surface area (Å²) in [5.41, 5.74) is 0.803. The minimum atomic E-state index is -3.55. The highest BCUT2D eigenvalue weighted by atomic mass is 32.2. The summed E-state index contributed by atoms with van der Waals surface area (Å²) in [6.45, 7) is -0.508. The Hall–Kier alpha value is -2.78. The Morgan fingerprint density at radius 3 is 2.37 bits per heavy atom. The van der Waals surface area contributed by atoms with Crippen molar-refractivity contribution in [3.05, 3.63) is 59.9 Å². The molecule has 1 amide bonds. The van der Waals surface area contributed by atoms with Crippen molar-refractivity contribution in [1.82, 2.24) is 4.31 Å². The fraction of sp³-hybridized carbons (Fsp3) is 0.222. The Labute approximate surface area is 156 Å². The number of amides is 1. The minimum absolute atomic E-state index is 0.0898. The van der Waals surface area contributed by atoms with E-state index in [0.29, 0.717) is 11.3 Å². The van der Waals surface area contributed by atoms with E-state index in [1.165, 1.54) is 56.6 Å². The number of benzene rings is 2. The summed E-state index contributed by atoms with van der Waals surface area (Å²) in [7, 11) is -0.712. The lowest BCUT2D eigenvalue weighted by molar-refractivity contribution is -0.146. The molecular formula is C18H19FN2O5S. The largest absolute Gasteiger partial charge is 0.455 e. The lowest BCUT2D eigenvalue weighted by atomic mass is 10.1. The van der Waals surface area contributed by atoms with Gasteiger partial charge in [-0.25, -0.2) is 17.1 Å². The van der Waals surface area contributed by atoms with E-state index in [0.717, 1.165) is 4.31 Å². The van der Waals surface area contributed by atoms with Crippen molar-refractivity contribution in [3.8, 4) is 0 Å². The molecule has 2 aromatic carbocycles. The van der Waals surface area contributed by atoms with Gasteiger partial charge in [-0.2, -0.15) is 0 Å². The average molecular weight is 394 g/mol. The van der Waals surface area contributed by atoms with Gasteiger partial charge >= 0.3 is 5.97 Å². The number of ether oxygens (including phenoxy) is 1. The number of hydrogen-bond acceptors (Lipinski definition) is 5. The molecule has 0 aliphatic rings. The van der Waals surface area contributed by atoms with E-state index in [1.54, 1.807) is 6.07 Å². The molecule has 2 rings (SSSR count). The highest BCUT2D eigenvalue weighted by Gasteiger charge is 2.17. The zero-order valence-electron chi connectivity index (χ0n) is 14.8. The molecule has 0 aliphatic carbocycles. The van der Waals surface area contributed by atoms with Crippen molar-refractivity contribution in [3.63, 3.8) is 0 Å². The third-order valence-corrected chi connectivity index (χ3v) is 5.35. The lowest BCUT2D eigenvalue weighted by Gasteiger charge is -2.12. The number of halogens is 1. The summed E-state index contributed by atoms with van der Waals surface area (Å²) >= 11 is 0. The third kappa shape index (κ3) is 5.87. The number of rotatable bonds is 7. The van der Waals surface area contributed by atoms with Crippen molar-refractivity contribution >= 4 is 27.6 Å². The van der Waals surface area contributed by atoms with E-state index in [9.17, 15) is 22.4 Å². The Kier molecular flexibility index (Phi) is 6.65. The molecule has 0 heterocycles. The molecule has 7 nitrogen and oxygen atoms in total. The molecule has 2 aromatic rings. The van der Waals surface area contributed by atoms with E-state index in [2.05, 4.69) is 5.32 Å². The number of anilines is 1. The van der Waals surface area contributed by atoms with Gasteiger partial charge in [0, 0.05) is 19.8 Å². The molecule has 0 bridgehead atoms. The zero-order chi connectivity index (χ0) is 20.0. The smallest absolute Gasteiger partial charge is 0.310 e. The van der Waals surface area contributed by atoms with Gasteiger partial charge in [0.15, 0.2) is 6.61 Å². The molecule has 0 atom stereocenters. The van der Waals surface area contributed by atoms with E-state index in [-0.39, 0.29) is 11.3 Å². The minimum Gasteiger partial charge on any atom is -0.455 e. The Morgan fingerprint density at radius 1 is 1.11 bits per heavy atom. The first-order valence-electron chi connectivity index (χ1n) is 7.91. The molecular weight excluding hydrogens is 375 g/mol. The second-order valence-electron chi connectivity index (χ2n) is 5.83. The Bertz CT molecular complexity index is 927. The van der Waals surface area contributed by atoms with Crippen molar-refractivity contribution in [2.45, 2.75) is 11.3 Å². The highest BCUT2D eigenvalue weighted by molar-refractivity contribution is 7.89. The van der Waals surface area contributed by atoms with Crippen LogP contribution >= 0.6 is 0 Å². The number of nitrogens with one attached hydrogen (secondary N) is 1. The number of carbonyl (C=O) groups is 2. The molecule has 0 aliphatic heterocycles. The monoisotopic (exact) mass is 394 g/mol. The van der Waals surface area contributed by atoms with Gasteiger partial charge in [0.1, 0.15) is 5.82 Å². The lowest BCUT2D eigenvalue weighted by Crippen LogP contribution is -2.23. The van der Waals surface area contributed by atoms with Crippen LogP contribution in [0.15, 0.2) is 53.4 Å². The first kappa shape index (κ1) is 20.5. The molecule has 0 saturated carbocycles. The highest BCUT2D eigenvalue weighted by Crippen LogP contribution is 2.16. The predicted octanol–water partition coefficient (Wildman–Crippen LogP) is 1.80. The molecule has 0 radical (unpaired) electrons. The summed E-state index contributed by atoms with van der Waals surface area (Å²) in [6.07, 6.45) is -0.151. The van der Waals surface area contributed by atoms with Crippen molar-refractivity contribution in [1.29, 1.82) is 0 Å². The van der Waals surface area contributed by atoms with E-state index < -0.39 is 34.3 Å². The van der Waals surface area contributed by atoms with Crippen LogP contribution in [0, 0.1) is 5.82 Å². The summed E-state index contributed by atoms with van der Waals surface area (Å²) in [4.78, 5) is 23.6. The zero-order valence-corrected chi connectivity index (χ0v) is 15.6. The van der Waals surface area contributed by atoms with Gasteiger partial charge in [-0.05, 0) is 42.0 Å². The van der Waals surface area contributed by atoms with Crippen LogP contribution in [0.25, 0.3) is 0 Å². The maximum atomic E-state index is 13.1. The van der Waals surface area contributed by atoms with Crippen LogP contribution in [-0.2, 0) is 30.8 Å². The van der Waals surface area contributed by atoms with Gasteiger partial charge in [-0.3, -0.25) is 9.59 Å². The van der Waals surface area contributed by atoms with E-state index in [1.807, 2.05) is 0 Å². The van der Waals surface area contributed by atoms with Gasteiger partial charge in [0.05, 0.1) is 11.3 Å². The SMILES string of the molecule is CN(C)S(=O)(=O)c1ccc(NC(=O)COC(=O)Cc2cccc(F)c2)cc1. The number of carbonyl (C=O) groups excluding carboxylic acids is 2. The van der Waals surface area contributed by atoms with Crippen LogP contribution in [0.2, 0.25) is 0 Å². The molecule has 1 N–H and O–H groups in total. The van der Waals surface area contributed by atoms with Crippen LogP contribution < -0.4 is 5.32 Å². The normalized spacial score (nSPS) is 11.3. The van der Waals surface area contributed by atoms with Gasteiger partial charge in [0.25, 0.3) is 5.91 Å². The fourth-order valence-electron chi connectivity index (χ4n) is 2.13. The second kappa shape index (κ2) is 8.74. The molecule has 144 valence electrons. The van der Waals surface area contributed by atoms with Crippen LogP contribution in [0.3, 0.4) is 0 Å². The average Bonchev–Trinajstić information content (AvgIpc) is 2.60. The fourth-order valence-corrected chi connectivity index (χ4v) is 3.03. The first-order valence-corrected chi connectivity index (χ1v) is 9.35. The molecule has 27 heavy (non-hydrogen) atoms. The van der Waals surface area contributed by atoms with Crippen LogP contribution in [0.4, 0.5) is 10.1 Å². The number of nitrogens with zero attached hydrogens (tertiary/aromatic N) is 1. The molecule has 0 saturated heterocycles. The third-order valence-electron chi connectivity index (χ3n) is 3.52. The number of sulfonamides is 1. The van der Waals surface area contributed by atoms with Crippen LogP contribution in [0.1, 0.15) is 5.56 Å². The molecule has 0 spiro atoms. The van der Waals surface area contributed by atoms with Gasteiger partial charge in [-0.15, -0.1) is 0 Å². The molecule has 0 aromatic heterocycles. The van der Waals surface area contributed by atoms with E-state index >= 15 is 0 Å². The Morgan fingerprint density at radius 2 is 1.78 bits per heavy atom. The van der Waals surface area contributed by atoms with Gasteiger partial charge < -0.3 is 10.1 Å². The quantitative estimate of drug-likeness (QED) is 0.723. The van der Waals surface area contributed by atoms with Gasteiger partial charge in [0.2, 0.25) is 10.0 Å². The van der Waals surface area contributed by atoms with Crippen molar-refractivity contribution in [2.75, 3.05) is 26.0 Å². The molecule has 0 fully saturated rings. The number of esters is 1. The molecule has 0 unspecified atom stereocenters. The predicted molar refractivity (Wildman–Crippen MR) is 97.0 cm³/mol. The van der Waals surface area contributed by atoms with E-state index in [4.69, 9.17) is 4.74 Å².